The fraction of sp³-hybridized carbons (Fsp3) is 0.172. The van der Waals surface area contributed by atoms with Crippen molar-refractivity contribution in [1.82, 2.24) is 13.7 Å². The third-order valence-corrected chi connectivity index (χ3v) is 7.26. The molecule has 0 radical (unpaired) electrons. The molecule has 0 amide bonds. The van der Waals surface area contributed by atoms with Crippen LogP contribution in [-0.4, -0.2) is 25.9 Å². The number of nitrogens with one attached hydrogen (secondary N) is 1. The molecule has 3 heterocycles. The van der Waals surface area contributed by atoms with Crippen LogP contribution >= 0.6 is 0 Å². The average Bonchev–Trinajstić information content (AvgIpc) is 3.27. The van der Waals surface area contributed by atoms with Gasteiger partial charge in [0.1, 0.15) is 0 Å². The highest BCUT2D eigenvalue weighted by molar-refractivity contribution is 5.99. The van der Waals surface area contributed by atoms with Gasteiger partial charge in [-0.15, -0.1) is 0 Å². The van der Waals surface area contributed by atoms with Crippen molar-refractivity contribution >= 4 is 16.6 Å². The fourth-order valence-corrected chi connectivity index (χ4v) is 5.43. The van der Waals surface area contributed by atoms with E-state index in [1.807, 2.05) is 61.5 Å². The van der Waals surface area contributed by atoms with E-state index in [0.29, 0.717) is 16.7 Å². The number of benzene rings is 3. The standard InChI is InChI=1S/C29H26N4O4/c1-16-9-5-6-10-18(16)25-23-26(31(2)29(36)32(3)28(23)35)27-24(17-13-14-21(34)22(15-17)37-4)30-19-11-7-8-12-20(19)33(25)27/h5-15,24,30,34H,1-4H3/t24-/m0/s1. The molecule has 1 atom stereocenters. The Labute approximate surface area is 212 Å². The van der Waals surface area contributed by atoms with Gasteiger partial charge in [0.25, 0.3) is 5.56 Å². The predicted molar refractivity (Wildman–Crippen MR) is 144 cm³/mol. The van der Waals surface area contributed by atoms with Crippen LogP contribution in [0.5, 0.6) is 11.5 Å². The summed E-state index contributed by atoms with van der Waals surface area (Å²) in [5.41, 5.74) is 5.81. The molecule has 8 heteroatoms. The number of aromatic nitrogens is 3. The molecular weight excluding hydrogens is 468 g/mol. The first-order valence-corrected chi connectivity index (χ1v) is 12.0. The summed E-state index contributed by atoms with van der Waals surface area (Å²) in [6.45, 7) is 2.02. The Kier molecular flexibility index (Phi) is 5.01. The highest BCUT2D eigenvalue weighted by Crippen LogP contribution is 2.46. The summed E-state index contributed by atoms with van der Waals surface area (Å²) in [5, 5.41) is 14.3. The second-order valence-electron chi connectivity index (χ2n) is 9.34. The van der Waals surface area contributed by atoms with E-state index >= 15 is 0 Å². The topological polar surface area (TPSA) is 90.4 Å². The Bertz CT molecular complexity index is 1840. The van der Waals surface area contributed by atoms with Crippen LogP contribution in [0.15, 0.2) is 76.3 Å². The molecule has 0 saturated heterocycles. The first kappa shape index (κ1) is 22.7. The van der Waals surface area contributed by atoms with Crippen LogP contribution in [-0.2, 0) is 14.1 Å². The minimum absolute atomic E-state index is 0.0320. The summed E-state index contributed by atoms with van der Waals surface area (Å²) in [6, 6.07) is 20.6. The number of phenolic OH excluding ortho intramolecular Hbond substituents is 1. The lowest BCUT2D eigenvalue weighted by Crippen LogP contribution is -2.37. The number of hydrogen-bond acceptors (Lipinski definition) is 5. The van der Waals surface area contributed by atoms with E-state index in [2.05, 4.69) is 9.88 Å². The van der Waals surface area contributed by atoms with Crippen molar-refractivity contribution in [3.8, 4) is 28.4 Å². The molecule has 0 fully saturated rings. The lowest BCUT2D eigenvalue weighted by atomic mass is 9.99. The van der Waals surface area contributed by atoms with Crippen molar-refractivity contribution in [2.45, 2.75) is 13.0 Å². The largest absolute Gasteiger partial charge is 0.504 e. The molecule has 1 aliphatic heterocycles. The molecule has 186 valence electrons. The third-order valence-electron chi connectivity index (χ3n) is 7.26. The quantitative estimate of drug-likeness (QED) is 0.392. The molecule has 0 aliphatic carbocycles. The molecule has 0 bridgehead atoms. The van der Waals surface area contributed by atoms with E-state index in [4.69, 9.17) is 4.74 Å². The highest BCUT2D eigenvalue weighted by atomic mass is 16.5. The molecule has 2 aromatic heterocycles. The zero-order valence-electron chi connectivity index (χ0n) is 20.9. The molecule has 8 nitrogen and oxygen atoms in total. The fourth-order valence-electron chi connectivity index (χ4n) is 5.43. The van der Waals surface area contributed by atoms with Gasteiger partial charge in [-0.2, -0.15) is 0 Å². The molecular formula is C29H26N4O4. The van der Waals surface area contributed by atoms with Crippen LogP contribution in [0.2, 0.25) is 0 Å². The van der Waals surface area contributed by atoms with Gasteiger partial charge in [0.15, 0.2) is 11.5 Å². The summed E-state index contributed by atoms with van der Waals surface area (Å²) in [4.78, 5) is 27.0. The molecule has 0 spiro atoms. The summed E-state index contributed by atoms with van der Waals surface area (Å²) in [7, 11) is 4.71. The monoisotopic (exact) mass is 494 g/mol. The van der Waals surface area contributed by atoms with Gasteiger partial charge in [0, 0.05) is 19.7 Å². The number of fused-ring (bicyclic) bond motifs is 5. The van der Waals surface area contributed by atoms with Crippen LogP contribution in [0.1, 0.15) is 22.9 Å². The van der Waals surface area contributed by atoms with Gasteiger partial charge in [-0.05, 0) is 42.3 Å². The maximum Gasteiger partial charge on any atom is 0.331 e. The highest BCUT2D eigenvalue weighted by Gasteiger charge is 2.35. The Morgan fingerprint density at radius 3 is 2.43 bits per heavy atom. The second kappa shape index (κ2) is 8.16. The van der Waals surface area contributed by atoms with Gasteiger partial charge in [0.2, 0.25) is 0 Å². The summed E-state index contributed by atoms with van der Waals surface area (Å²) < 4.78 is 10.2. The molecule has 5 aromatic rings. The van der Waals surface area contributed by atoms with Crippen molar-refractivity contribution in [2.75, 3.05) is 12.4 Å². The van der Waals surface area contributed by atoms with E-state index in [9.17, 15) is 14.7 Å². The first-order chi connectivity index (χ1) is 17.8. The SMILES string of the molecule is COc1cc([C@@H]2Nc3ccccc3-n3c(-c4ccccc4C)c4c(=O)n(C)c(=O)n(C)c4c32)ccc1O. The van der Waals surface area contributed by atoms with Crippen molar-refractivity contribution in [1.29, 1.82) is 0 Å². The van der Waals surface area contributed by atoms with Gasteiger partial charge in [-0.25, -0.2) is 4.79 Å². The number of nitrogens with zero attached hydrogens (tertiary/aromatic N) is 3. The van der Waals surface area contributed by atoms with Gasteiger partial charge in [-0.3, -0.25) is 13.9 Å². The number of methoxy groups -OCH3 is 1. The zero-order chi connectivity index (χ0) is 26.0. The summed E-state index contributed by atoms with van der Waals surface area (Å²) >= 11 is 0. The number of rotatable bonds is 3. The number of hydrogen-bond donors (Lipinski definition) is 2. The van der Waals surface area contributed by atoms with Crippen LogP contribution in [0.25, 0.3) is 27.8 Å². The number of aromatic hydroxyl groups is 1. The lowest BCUT2D eigenvalue weighted by Gasteiger charge is -2.31. The summed E-state index contributed by atoms with van der Waals surface area (Å²) in [6.07, 6.45) is 0. The second-order valence-corrected chi connectivity index (χ2v) is 9.34. The van der Waals surface area contributed by atoms with Crippen LogP contribution < -0.4 is 21.3 Å². The number of anilines is 1. The Balaban J connectivity index is 1.85. The van der Waals surface area contributed by atoms with Crippen molar-refractivity contribution in [3.05, 3.63) is 104 Å². The van der Waals surface area contributed by atoms with Crippen LogP contribution in [0.4, 0.5) is 5.69 Å². The van der Waals surface area contributed by atoms with Crippen molar-refractivity contribution < 1.29 is 9.84 Å². The zero-order valence-corrected chi connectivity index (χ0v) is 20.9. The number of phenols is 1. The maximum atomic E-state index is 13.8. The number of aryl methyl sites for hydroxylation is 2. The van der Waals surface area contributed by atoms with E-state index < -0.39 is 11.7 Å². The molecule has 2 N–H and O–H groups in total. The van der Waals surface area contributed by atoms with E-state index in [0.717, 1.165) is 44.0 Å². The molecule has 1 aliphatic rings. The minimum Gasteiger partial charge on any atom is -0.504 e. The van der Waals surface area contributed by atoms with Crippen LogP contribution in [0.3, 0.4) is 0 Å². The summed E-state index contributed by atoms with van der Waals surface area (Å²) in [5.74, 6) is 0.370. The molecule has 0 saturated carbocycles. The maximum absolute atomic E-state index is 13.8. The third kappa shape index (κ3) is 3.15. The van der Waals surface area contributed by atoms with Gasteiger partial charge in [-0.1, -0.05) is 42.5 Å². The van der Waals surface area contributed by atoms with Crippen molar-refractivity contribution in [3.63, 3.8) is 0 Å². The number of ether oxygens (including phenoxy) is 1. The minimum atomic E-state index is -0.442. The number of para-hydroxylation sites is 2. The van der Waals surface area contributed by atoms with E-state index in [-0.39, 0.29) is 11.3 Å². The van der Waals surface area contributed by atoms with Crippen molar-refractivity contribution in [2.24, 2.45) is 14.1 Å². The normalized spacial score (nSPS) is 14.2. The Hall–Kier alpha value is -4.72. The van der Waals surface area contributed by atoms with E-state index in [1.165, 1.54) is 14.2 Å². The van der Waals surface area contributed by atoms with E-state index in [1.54, 1.807) is 23.7 Å². The lowest BCUT2D eigenvalue weighted by molar-refractivity contribution is 0.373. The van der Waals surface area contributed by atoms with Crippen LogP contribution in [0, 0.1) is 6.92 Å². The Morgan fingerprint density at radius 2 is 1.68 bits per heavy atom. The predicted octanol–water partition coefficient (Wildman–Crippen LogP) is 4.23. The molecule has 6 rings (SSSR count). The molecule has 0 unspecified atom stereocenters. The molecule has 3 aromatic carbocycles. The smallest absolute Gasteiger partial charge is 0.331 e. The molecule has 37 heavy (non-hydrogen) atoms. The first-order valence-electron chi connectivity index (χ1n) is 12.0. The van der Waals surface area contributed by atoms with Gasteiger partial charge in [0.05, 0.1) is 46.8 Å². The average molecular weight is 495 g/mol. The Morgan fingerprint density at radius 1 is 0.946 bits per heavy atom. The van der Waals surface area contributed by atoms with Gasteiger partial charge < -0.3 is 19.7 Å². The van der Waals surface area contributed by atoms with Gasteiger partial charge >= 0.3 is 5.69 Å².